The van der Waals surface area contributed by atoms with Gasteiger partial charge in [-0.2, -0.15) is 0 Å². The molecule has 0 amide bonds. The van der Waals surface area contributed by atoms with E-state index in [1.54, 1.807) is 0 Å². The van der Waals surface area contributed by atoms with Crippen LogP contribution in [0.4, 0.5) is 0 Å². The number of allylic oxidation sites excluding steroid dienone is 1. The lowest BCUT2D eigenvalue weighted by Gasteiger charge is -2.20. The van der Waals surface area contributed by atoms with E-state index in [9.17, 15) is 9.90 Å². The van der Waals surface area contributed by atoms with Gasteiger partial charge in [-0.1, -0.05) is 30.4 Å². The number of carbonyl (C=O) groups excluding carboxylic acids is 1. The van der Waals surface area contributed by atoms with E-state index in [-0.39, 0.29) is 29.7 Å². The first-order chi connectivity index (χ1) is 11.2. The first-order valence-corrected chi connectivity index (χ1v) is 8.83. The molecule has 0 aromatic rings. The number of carbonyl (C=O) groups is 1. The van der Waals surface area contributed by atoms with Gasteiger partial charge in [-0.3, -0.25) is 0 Å². The van der Waals surface area contributed by atoms with Crippen LogP contribution in [-0.2, 0) is 14.3 Å². The van der Waals surface area contributed by atoms with Gasteiger partial charge in [0.1, 0.15) is 6.10 Å². The summed E-state index contributed by atoms with van der Waals surface area (Å²) in [6.07, 6.45) is 9.72. The molecule has 2 saturated heterocycles. The van der Waals surface area contributed by atoms with Gasteiger partial charge in [-0.15, -0.1) is 0 Å². The van der Waals surface area contributed by atoms with E-state index < -0.39 is 5.60 Å². The highest BCUT2D eigenvalue weighted by atomic mass is 16.6. The van der Waals surface area contributed by atoms with Crippen LogP contribution in [-0.4, -0.2) is 34.5 Å². The zero-order chi connectivity index (χ0) is 17.5. The van der Waals surface area contributed by atoms with Crippen LogP contribution in [0.2, 0.25) is 0 Å². The minimum absolute atomic E-state index is 0.0303. The number of ether oxygens (including phenoxy) is 2. The highest BCUT2D eigenvalue weighted by molar-refractivity contribution is 5.90. The molecule has 0 radical (unpaired) electrons. The number of aliphatic hydroxyl groups is 1. The number of fused-ring (bicyclic) bond motifs is 2. The third-order valence-electron chi connectivity index (χ3n) is 5.59. The van der Waals surface area contributed by atoms with Crippen LogP contribution in [0.5, 0.6) is 0 Å². The van der Waals surface area contributed by atoms with Crippen LogP contribution in [0.25, 0.3) is 0 Å². The molecule has 24 heavy (non-hydrogen) atoms. The summed E-state index contributed by atoms with van der Waals surface area (Å²) < 4.78 is 11.5. The Morgan fingerprint density at radius 2 is 2.12 bits per heavy atom. The molecule has 0 unspecified atom stereocenters. The summed E-state index contributed by atoms with van der Waals surface area (Å²) >= 11 is 0. The van der Waals surface area contributed by atoms with Gasteiger partial charge in [0.15, 0.2) is 0 Å². The Hall–Kier alpha value is -1.39. The molecule has 1 aliphatic carbocycles. The van der Waals surface area contributed by atoms with Crippen LogP contribution < -0.4 is 0 Å². The highest BCUT2D eigenvalue weighted by Crippen LogP contribution is 2.47. The van der Waals surface area contributed by atoms with E-state index in [0.717, 1.165) is 25.7 Å². The fraction of sp³-hybridized carbons (Fsp3) is 0.650. The molecule has 2 fully saturated rings. The molecule has 5 atom stereocenters. The second-order valence-corrected chi connectivity index (χ2v) is 7.99. The van der Waals surface area contributed by atoms with Crippen LogP contribution in [0.15, 0.2) is 36.0 Å². The smallest absolute Gasteiger partial charge is 0.334 e. The Labute approximate surface area is 144 Å². The van der Waals surface area contributed by atoms with Crippen molar-refractivity contribution >= 4 is 5.97 Å². The van der Waals surface area contributed by atoms with Gasteiger partial charge in [0, 0.05) is 17.9 Å². The summed E-state index contributed by atoms with van der Waals surface area (Å²) in [4.78, 5) is 11.9. The number of hydrogen-bond donors (Lipinski definition) is 1. The summed E-state index contributed by atoms with van der Waals surface area (Å²) in [6, 6.07) is 0. The van der Waals surface area contributed by atoms with E-state index in [1.165, 1.54) is 5.57 Å². The van der Waals surface area contributed by atoms with Crippen LogP contribution in [0, 0.1) is 5.92 Å². The molecule has 0 aromatic heterocycles. The summed E-state index contributed by atoms with van der Waals surface area (Å²) in [6.45, 7) is 9.92. The average molecular weight is 332 g/mol. The molecule has 0 aromatic carbocycles. The Morgan fingerprint density at radius 3 is 2.88 bits per heavy atom. The van der Waals surface area contributed by atoms with E-state index >= 15 is 0 Å². The van der Waals surface area contributed by atoms with E-state index in [4.69, 9.17) is 9.47 Å². The molecular formula is C20H28O4. The number of epoxide rings is 1. The van der Waals surface area contributed by atoms with Gasteiger partial charge in [-0.25, -0.2) is 4.79 Å². The third-order valence-corrected chi connectivity index (χ3v) is 5.59. The molecule has 132 valence electrons. The molecule has 3 rings (SSSR count). The largest absolute Gasteiger partial charge is 0.458 e. The first-order valence-electron chi connectivity index (χ1n) is 8.83. The van der Waals surface area contributed by atoms with E-state index in [0.29, 0.717) is 12.0 Å². The molecule has 0 saturated carbocycles. The van der Waals surface area contributed by atoms with E-state index in [1.807, 2.05) is 19.1 Å². The Balaban J connectivity index is 1.81. The Morgan fingerprint density at radius 1 is 1.38 bits per heavy atom. The summed E-state index contributed by atoms with van der Waals surface area (Å²) in [7, 11) is 0. The topological polar surface area (TPSA) is 59.1 Å². The van der Waals surface area contributed by atoms with E-state index in [2.05, 4.69) is 26.5 Å². The number of rotatable bonds is 0. The molecule has 4 nitrogen and oxygen atoms in total. The van der Waals surface area contributed by atoms with Gasteiger partial charge in [0.05, 0.1) is 17.3 Å². The van der Waals surface area contributed by atoms with Crippen molar-refractivity contribution in [1.82, 2.24) is 0 Å². The molecule has 2 aliphatic heterocycles. The fourth-order valence-corrected chi connectivity index (χ4v) is 3.79. The first kappa shape index (κ1) is 17.4. The van der Waals surface area contributed by atoms with Crippen molar-refractivity contribution in [2.75, 3.05) is 0 Å². The molecule has 0 bridgehead atoms. The Bertz CT molecular complexity index is 601. The minimum Gasteiger partial charge on any atom is -0.458 e. The summed E-state index contributed by atoms with van der Waals surface area (Å²) in [5.74, 6) is -0.241. The van der Waals surface area contributed by atoms with Crippen LogP contribution in [0.1, 0.15) is 52.9 Å². The van der Waals surface area contributed by atoms with Crippen molar-refractivity contribution < 1.29 is 19.4 Å². The van der Waals surface area contributed by atoms with Crippen LogP contribution in [0.3, 0.4) is 0 Å². The average Bonchev–Trinajstić information content (AvgIpc) is 3.03. The van der Waals surface area contributed by atoms with Gasteiger partial charge >= 0.3 is 5.97 Å². The predicted molar refractivity (Wildman–Crippen MR) is 92.4 cm³/mol. The Kier molecular flexibility index (Phi) is 4.47. The molecule has 3 aliphatic rings. The number of esters is 1. The van der Waals surface area contributed by atoms with Crippen molar-refractivity contribution in [3.8, 4) is 0 Å². The second kappa shape index (κ2) is 6.16. The molecule has 2 heterocycles. The molecule has 1 N–H and O–H groups in total. The highest BCUT2D eigenvalue weighted by Gasteiger charge is 2.54. The maximum atomic E-state index is 11.9. The number of hydrogen-bond acceptors (Lipinski definition) is 4. The minimum atomic E-state index is -0.807. The lowest BCUT2D eigenvalue weighted by molar-refractivity contribution is -0.139. The quantitative estimate of drug-likeness (QED) is 0.319. The normalized spacial score (nSPS) is 46.8. The van der Waals surface area contributed by atoms with Crippen molar-refractivity contribution in [1.29, 1.82) is 0 Å². The fourth-order valence-electron chi connectivity index (χ4n) is 3.79. The van der Waals surface area contributed by atoms with Gasteiger partial charge in [0.2, 0.25) is 0 Å². The van der Waals surface area contributed by atoms with Gasteiger partial charge < -0.3 is 14.6 Å². The van der Waals surface area contributed by atoms with Crippen molar-refractivity contribution in [2.24, 2.45) is 5.92 Å². The zero-order valence-electron chi connectivity index (χ0n) is 14.9. The molecule has 4 heteroatoms. The molecular weight excluding hydrogens is 304 g/mol. The SMILES string of the molecule is C=C1C(=O)O[C@@H]2C/C(C)=C/CC[C@@](C)(O)/C=C/C[C@]3(C)O[C@H]3C[C@H]12. The van der Waals surface area contributed by atoms with Crippen molar-refractivity contribution in [3.63, 3.8) is 0 Å². The van der Waals surface area contributed by atoms with Crippen molar-refractivity contribution in [3.05, 3.63) is 36.0 Å². The monoisotopic (exact) mass is 332 g/mol. The standard InChI is InChI=1S/C20H28O4/c1-13-7-5-8-19(3,22)9-6-10-20(4)17(24-20)12-15-14(2)18(21)23-16(15)11-13/h6-7,9,15-17,22H,2,5,8,10-12H2,1,3-4H3/b9-6+,13-7+/t15-,16-,17+,19-,20+/m1/s1. The van der Waals surface area contributed by atoms with Crippen molar-refractivity contribution in [2.45, 2.75) is 76.3 Å². The zero-order valence-corrected chi connectivity index (χ0v) is 14.9. The lowest BCUT2D eigenvalue weighted by Crippen LogP contribution is -2.23. The summed E-state index contributed by atoms with van der Waals surface area (Å²) in [5, 5.41) is 10.4. The van der Waals surface area contributed by atoms with Crippen LogP contribution >= 0.6 is 0 Å². The maximum absolute atomic E-state index is 11.9. The third kappa shape index (κ3) is 3.65. The second-order valence-electron chi connectivity index (χ2n) is 7.99. The maximum Gasteiger partial charge on any atom is 0.334 e. The van der Waals surface area contributed by atoms with Gasteiger partial charge in [0.25, 0.3) is 0 Å². The van der Waals surface area contributed by atoms with Gasteiger partial charge in [-0.05, 0) is 46.5 Å². The summed E-state index contributed by atoms with van der Waals surface area (Å²) in [5.41, 5.74) is 0.746. The predicted octanol–water partition coefficient (Wildman–Crippen LogP) is 3.46. The lowest BCUT2D eigenvalue weighted by atomic mass is 9.85. The molecule has 0 spiro atoms.